The molecule has 3 N–H and O–H groups in total. The van der Waals surface area contributed by atoms with Crippen LogP contribution in [0.25, 0.3) is 0 Å². The van der Waals surface area contributed by atoms with Gasteiger partial charge in [0, 0.05) is 13.1 Å². The molecule has 6 aromatic carbocycles. The standard InChI is InChI=1S/C23H20F3NO2.C19H15Cl.C4H6F3NO2/c24-23(25,26)21(28)27-16-17-29-22(18-10-4-1-5-11-18,19-12-6-2-7-13-19)20-14-8-3-9-15-20;20-19(16-10-4-1-5-11-16,17-12-6-2-7-13-17)18-14-8-3-9-15-18;5-4(6,7)3(10)8-1-2-9/h1-15H,16-17H2,(H,27,28);1-15H;9H,1-2H2,(H,8,10). The quantitative estimate of drug-likeness (QED) is 0.0497. The molecule has 59 heavy (non-hydrogen) atoms. The van der Waals surface area contributed by atoms with E-state index < -0.39 is 41.2 Å². The average molecular weight is 835 g/mol. The van der Waals surface area contributed by atoms with Crippen molar-refractivity contribution in [3.63, 3.8) is 0 Å². The fraction of sp³-hybridized carbons (Fsp3) is 0.174. The van der Waals surface area contributed by atoms with Crippen LogP contribution >= 0.6 is 11.6 Å². The van der Waals surface area contributed by atoms with Gasteiger partial charge in [-0.2, -0.15) is 26.3 Å². The van der Waals surface area contributed by atoms with Crippen molar-refractivity contribution in [2.45, 2.75) is 22.8 Å². The van der Waals surface area contributed by atoms with Crippen molar-refractivity contribution in [3.05, 3.63) is 215 Å². The minimum atomic E-state index is -4.92. The molecule has 0 fully saturated rings. The maximum atomic E-state index is 12.5. The summed E-state index contributed by atoms with van der Waals surface area (Å²) in [6.45, 7) is -1.26. The third-order valence-corrected chi connectivity index (χ3v) is 9.33. The Morgan fingerprint density at radius 2 is 0.712 bits per heavy atom. The Balaban J connectivity index is 0.000000221. The van der Waals surface area contributed by atoms with Gasteiger partial charge in [0.2, 0.25) is 0 Å². The van der Waals surface area contributed by atoms with E-state index in [-0.39, 0.29) is 19.7 Å². The lowest BCUT2D eigenvalue weighted by Crippen LogP contribution is -2.40. The van der Waals surface area contributed by atoms with Crippen LogP contribution in [-0.4, -0.2) is 55.6 Å². The summed E-state index contributed by atoms with van der Waals surface area (Å²) in [7, 11) is 0. The van der Waals surface area contributed by atoms with E-state index in [9.17, 15) is 35.9 Å². The Labute approximate surface area is 343 Å². The molecule has 0 aliphatic rings. The number of rotatable bonds is 12. The smallest absolute Gasteiger partial charge is 0.395 e. The maximum Gasteiger partial charge on any atom is 0.471 e. The number of nitrogens with one attached hydrogen (secondary N) is 2. The third-order valence-electron chi connectivity index (χ3n) is 8.67. The number of halogens is 7. The zero-order valence-corrected chi connectivity index (χ0v) is 32.2. The van der Waals surface area contributed by atoms with Crippen LogP contribution in [0, 0.1) is 0 Å². The molecule has 0 spiro atoms. The molecular weight excluding hydrogens is 794 g/mol. The van der Waals surface area contributed by atoms with E-state index in [2.05, 4.69) is 36.4 Å². The van der Waals surface area contributed by atoms with Gasteiger partial charge in [-0.25, -0.2) is 0 Å². The molecule has 0 unspecified atom stereocenters. The molecule has 0 bridgehead atoms. The summed E-state index contributed by atoms with van der Waals surface area (Å²) in [5, 5.41) is 11.3. The van der Waals surface area contributed by atoms with Gasteiger partial charge in [0.15, 0.2) is 0 Å². The highest BCUT2D eigenvalue weighted by Crippen LogP contribution is 2.43. The number of aliphatic hydroxyl groups is 1. The Kier molecular flexibility index (Phi) is 16.8. The molecule has 0 aliphatic heterocycles. The lowest BCUT2D eigenvalue weighted by atomic mass is 9.80. The van der Waals surface area contributed by atoms with E-state index in [1.165, 1.54) is 5.32 Å². The van der Waals surface area contributed by atoms with Crippen molar-refractivity contribution in [3.8, 4) is 0 Å². The predicted molar refractivity (Wildman–Crippen MR) is 215 cm³/mol. The zero-order chi connectivity index (χ0) is 42.8. The van der Waals surface area contributed by atoms with Gasteiger partial charge in [-0.05, 0) is 33.4 Å². The molecule has 308 valence electrons. The summed E-state index contributed by atoms with van der Waals surface area (Å²) < 4.78 is 77.5. The van der Waals surface area contributed by atoms with Gasteiger partial charge in [0.25, 0.3) is 0 Å². The van der Waals surface area contributed by atoms with Crippen molar-refractivity contribution in [1.82, 2.24) is 10.6 Å². The van der Waals surface area contributed by atoms with E-state index in [4.69, 9.17) is 21.4 Å². The Hall–Kier alpha value is -5.95. The SMILES string of the molecule is ClC(c1ccccc1)(c1ccccc1)c1ccccc1.O=C(NCCO)C(F)(F)F.O=C(NCCOC(c1ccccc1)(c1ccccc1)c1ccccc1)C(F)(F)F. The fourth-order valence-corrected chi connectivity index (χ4v) is 6.39. The Morgan fingerprint density at radius 1 is 0.458 bits per heavy atom. The molecule has 0 saturated heterocycles. The fourth-order valence-electron chi connectivity index (χ4n) is 6.01. The molecule has 13 heteroatoms. The van der Waals surface area contributed by atoms with Crippen LogP contribution in [0.1, 0.15) is 33.4 Å². The number of hydrogen-bond acceptors (Lipinski definition) is 4. The highest BCUT2D eigenvalue weighted by molar-refractivity contribution is 6.28. The summed E-state index contributed by atoms with van der Waals surface area (Å²) in [5.74, 6) is -4.01. The van der Waals surface area contributed by atoms with Crippen LogP contribution in [0.15, 0.2) is 182 Å². The van der Waals surface area contributed by atoms with E-state index in [1.54, 1.807) is 0 Å². The van der Waals surface area contributed by atoms with Gasteiger partial charge < -0.3 is 20.5 Å². The summed E-state index contributed by atoms with van der Waals surface area (Å²) in [4.78, 5) is 20.3. The molecule has 6 nitrogen and oxygen atoms in total. The third kappa shape index (κ3) is 12.5. The number of hydrogen-bond donors (Lipinski definition) is 3. The van der Waals surface area contributed by atoms with Gasteiger partial charge in [-0.3, -0.25) is 9.59 Å². The molecule has 6 rings (SSSR count). The molecule has 0 heterocycles. The minimum absolute atomic E-state index is 0.111. The number of carbonyl (C=O) groups excluding carboxylic acids is 2. The highest BCUT2D eigenvalue weighted by Gasteiger charge is 2.40. The van der Waals surface area contributed by atoms with Crippen LogP contribution in [0.5, 0.6) is 0 Å². The van der Waals surface area contributed by atoms with Crippen LogP contribution < -0.4 is 10.6 Å². The summed E-state index contributed by atoms with van der Waals surface area (Å²) in [5.41, 5.74) is 4.71. The summed E-state index contributed by atoms with van der Waals surface area (Å²) in [6.07, 6.45) is -9.77. The Bertz CT molecular complexity index is 1940. The van der Waals surface area contributed by atoms with E-state index in [0.29, 0.717) is 0 Å². The molecule has 2 amide bonds. The number of aliphatic hydroxyl groups excluding tert-OH is 1. The monoisotopic (exact) mass is 834 g/mol. The van der Waals surface area contributed by atoms with E-state index in [0.717, 1.165) is 33.4 Å². The van der Waals surface area contributed by atoms with Crippen molar-refractivity contribution in [2.24, 2.45) is 0 Å². The lowest BCUT2D eigenvalue weighted by Gasteiger charge is -2.36. The van der Waals surface area contributed by atoms with Crippen LogP contribution in [0.3, 0.4) is 0 Å². The van der Waals surface area contributed by atoms with Crippen LogP contribution in [0.4, 0.5) is 26.3 Å². The second-order valence-electron chi connectivity index (χ2n) is 12.6. The largest absolute Gasteiger partial charge is 0.471 e. The summed E-state index contributed by atoms with van der Waals surface area (Å²) >= 11 is 7.12. The number of alkyl halides is 7. The first-order chi connectivity index (χ1) is 28.2. The topological polar surface area (TPSA) is 87.7 Å². The number of ether oxygens (including phenoxy) is 1. The molecule has 0 saturated carbocycles. The van der Waals surface area contributed by atoms with E-state index >= 15 is 0 Å². The highest BCUT2D eigenvalue weighted by atomic mass is 35.5. The number of benzene rings is 6. The van der Waals surface area contributed by atoms with Crippen molar-refractivity contribution in [1.29, 1.82) is 0 Å². The normalized spacial score (nSPS) is 11.5. The molecule has 0 aliphatic carbocycles. The Morgan fingerprint density at radius 3 is 0.966 bits per heavy atom. The van der Waals surface area contributed by atoms with Crippen LogP contribution in [-0.2, 0) is 24.8 Å². The number of amides is 2. The van der Waals surface area contributed by atoms with Gasteiger partial charge in [-0.15, -0.1) is 11.6 Å². The van der Waals surface area contributed by atoms with Gasteiger partial charge in [0.1, 0.15) is 10.5 Å². The minimum Gasteiger partial charge on any atom is -0.395 e. The van der Waals surface area contributed by atoms with Crippen molar-refractivity contribution in [2.75, 3.05) is 26.3 Å². The van der Waals surface area contributed by atoms with Gasteiger partial charge in [0.05, 0.1) is 13.2 Å². The molecule has 0 aromatic heterocycles. The van der Waals surface area contributed by atoms with Crippen LogP contribution in [0.2, 0.25) is 0 Å². The maximum absolute atomic E-state index is 12.5. The second kappa shape index (κ2) is 21.7. The molecular formula is C46H41ClF6N2O4. The van der Waals surface area contributed by atoms with E-state index in [1.807, 2.05) is 151 Å². The van der Waals surface area contributed by atoms with Crippen molar-refractivity contribution >= 4 is 23.4 Å². The molecule has 0 radical (unpaired) electrons. The lowest BCUT2D eigenvalue weighted by molar-refractivity contribution is -0.173. The second-order valence-corrected chi connectivity index (χ2v) is 13.2. The first-order valence-electron chi connectivity index (χ1n) is 18.2. The molecule has 0 atom stereocenters. The summed E-state index contributed by atoms with van der Waals surface area (Å²) in [6, 6.07) is 59.0. The van der Waals surface area contributed by atoms with Gasteiger partial charge in [-0.1, -0.05) is 182 Å². The zero-order valence-electron chi connectivity index (χ0n) is 31.5. The number of carbonyl (C=O) groups is 2. The van der Waals surface area contributed by atoms with Gasteiger partial charge >= 0.3 is 24.2 Å². The first-order valence-corrected chi connectivity index (χ1v) is 18.6. The van der Waals surface area contributed by atoms with Crippen molar-refractivity contribution < 1.29 is 45.8 Å². The predicted octanol–water partition coefficient (Wildman–Crippen LogP) is 9.55. The first kappa shape index (κ1) is 45.7. The molecule has 6 aromatic rings. The average Bonchev–Trinajstić information content (AvgIpc) is 3.27.